The monoisotopic (exact) mass is 225 g/mol. The van der Waals surface area contributed by atoms with E-state index in [4.69, 9.17) is 5.73 Å². The molecule has 1 saturated carbocycles. The fourth-order valence-electron chi connectivity index (χ4n) is 2.99. The van der Waals surface area contributed by atoms with Gasteiger partial charge in [0.05, 0.1) is 6.04 Å². The quantitative estimate of drug-likeness (QED) is 0.640. The number of fused-ring (bicyclic) bond motifs is 1. The summed E-state index contributed by atoms with van der Waals surface area (Å²) < 4.78 is 0. The maximum atomic E-state index is 11.1. The average Bonchev–Trinajstić information content (AvgIpc) is 2.75. The Morgan fingerprint density at radius 3 is 2.81 bits per heavy atom. The molecule has 0 bridgehead atoms. The highest BCUT2D eigenvalue weighted by Crippen LogP contribution is 2.54. The summed E-state index contributed by atoms with van der Waals surface area (Å²) in [4.78, 5) is 13.3. The molecule has 2 rings (SSSR count). The van der Waals surface area contributed by atoms with E-state index in [0.29, 0.717) is 5.92 Å². The van der Waals surface area contributed by atoms with Crippen LogP contribution in [0.5, 0.6) is 0 Å². The number of hydrogen-bond acceptors (Lipinski definition) is 3. The lowest BCUT2D eigenvalue weighted by atomic mass is 10.1. The second kappa shape index (κ2) is 4.34. The van der Waals surface area contributed by atoms with Crippen LogP contribution in [0.2, 0.25) is 0 Å². The van der Waals surface area contributed by atoms with Gasteiger partial charge in [-0.05, 0) is 52.2 Å². The van der Waals surface area contributed by atoms with Gasteiger partial charge in [0.2, 0.25) is 5.91 Å². The van der Waals surface area contributed by atoms with Crippen molar-refractivity contribution in [2.24, 2.45) is 11.7 Å². The minimum atomic E-state index is -0.181. The molecule has 1 heterocycles. The van der Waals surface area contributed by atoms with Crippen molar-refractivity contribution < 1.29 is 4.79 Å². The molecule has 0 aromatic rings. The molecule has 1 aliphatic heterocycles. The number of nitrogens with two attached hydrogens (primary N) is 1. The van der Waals surface area contributed by atoms with Crippen LogP contribution in [0.1, 0.15) is 32.1 Å². The van der Waals surface area contributed by atoms with Gasteiger partial charge >= 0.3 is 0 Å². The molecule has 3 atom stereocenters. The first-order chi connectivity index (χ1) is 7.53. The van der Waals surface area contributed by atoms with E-state index < -0.39 is 0 Å². The molecule has 2 fully saturated rings. The van der Waals surface area contributed by atoms with Gasteiger partial charge in [-0.25, -0.2) is 0 Å². The molecular formula is C12H23N3O. The maximum Gasteiger partial charge on any atom is 0.234 e. The lowest BCUT2D eigenvalue weighted by molar-refractivity contribution is -0.120. The van der Waals surface area contributed by atoms with Crippen LogP contribution in [0, 0.1) is 5.92 Å². The molecule has 4 heteroatoms. The number of piperidine rings is 1. The summed E-state index contributed by atoms with van der Waals surface area (Å²) in [5, 5.41) is 3.44. The van der Waals surface area contributed by atoms with Crippen molar-refractivity contribution >= 4 is 5.91 Å². The Hall–Kier alpha value is -0.610. The van der Waals surface area contributed by atoms with E-state index in [-0.39, 0.29) is 17.5 Å². The number of carbonyl (C=O) groups excluding carboxylic acids is 1. The highest BCUT2D eigenvalue weighted by atomic mass is 16.1. The maximum absolute atomic E-state index is 11.1. The third-order valence-electron chi connectivity index (χ3n) is 4.04. The van der Waals surface area contributed by atoms with Crippen molar-refractivity contribution in [1.82, 2.24) is 10.2 Å². The van der Waals surface area contributed by atoms with Gasteiger partial charge in [-0.2, -0.15) is 0 Å². The Balaban J connectivity index is 1.69. The lowest BCUT2D eigenvalue weighted by Gasteiger charge is -2.17. The van der Waals surface area contributed by atoms with Gasteiger partial charge in [-0.15, -0.1) is 0 Å². The molecule has 3 N–H and O–H groups in total. The van der Waals surface area contributed by atoms with Crippen molar-refractivity contribution in [1.29, 1.82) is 0 Å². The highest BCUT2D eigenvalue weighted by Gasteiger charge is 2.60. The summed E-state index contributed by atoms with van der Waals surface area (Å²) in [7, 11) is 4.21. The second-order valence-electron chi connectivity index (χ2n) is 5.65. The van der Waals surface area contributed by atoms with Gasteiger partial charge < -0.3 is 10.6 Å². The van der Waals surface area contributed by atoms with Crippen molar-refractivity contribution in [3.63, 3.8) is 0 Å². The fourth-order valence-corrected chi connectivity index (χ4v) is 2.99. The average molecular weight is 225 g/mol. The number of unbranched alkanes of at least 4 members (excludes halogenated alkanes) is 1. The molecule has 0 aromatic carbocycles. The van der Waals surface area contributed by atoms with Gasteiger partial charge in [0.25, 0.3) is 0 Å². The molecule has 1 amide bonds. The topological polar surface area (TPSA) is 58.4 Å². The van der Waals surface area contributed by atoms with E-state index in [9.17, 15) is 4.79 Å². The number of rotatable bonds is 6. The highest BCUT2D eigenvalue weighted by molar-refractivity contribution is 5.80. The van der Waals surface area contributed by atoms with Crippen LogP contribution in [0.15, 0.2) is 0 Å². The normalized spacial score (nSPS) is 36.4. The molecule has 4 nitrogen and oxygen atoms in total. The number of amides is 1. The molecule has 1 saturated heterocycles. The SMILES string of the molecule is CN(C)CCCCC12CC1CC(C(N)=O)N2. The first-order valence-electron chi connectivity index (χ1n) is 6.25. The van der Waals surface area contributed by atoms with Gasteiger partial charge in [-0.1, -0.05) is 6.42 Å². The van der Waals surface area contributed by atoms with Crippen LogP contribution in [0.4, 0.5) is 0 Å². The first-order valence-corrected chi connectivity index (χ1v) is 6.25. The summed E-state index contributed by atoms with van der Waals surface area (Å²) in [5.74, 6) is 0.532. The smallest absolute Gasteiger partial charge is 0.234 e. The largest absolute Gasteiger partial charge is 0.368 e. The van der Waals surface area contributed by atoms with E-state index >= 15 is 0 Å². The Morgan fingerprint density at radius 2 is 2.25 bits per heavy atom. The molecule has 0 aromatic heterocycles. The number of nitrogens with one attached hydrogen (secondary N) is 1. The van der Waals surface area contributed by atoms with Gasteiger partial charge in [-0.3, -0.25) is 10.1 Å². The standard InChI is InChI=1S/C12H23N3O/c1-15(2)6-4-3-5-12-8-9(12)7-10(14-12)11(13)16/h9-10,14H,3-8H2,1-2H3,(H2,13,16). The Kier molecular flexibility index (Phi) is 3.22. The van der Waals surface area contributed by atoms with Crippen LogP contribution in [-0.2, 0) is 4.79 Å². The molecule has 1 aliphatic carbocycles. The zero-order valence-corrected chi connectivity index (χ0v) is 10.3. The first kappa shape index (κ1) is 11.9. The number of nitrogens with zero attached hydrogens (tertiary/aromatic N) is 1. The van der Waals surface area contributed by atoms with E-state index in [0.717, 1.165) is 13.0 Å². The predicted octanol–water partition coefficient (Wildman–Crippen LogP) is 0.324. The van der Waals surface area contributed by atoms with Crippen LogP contribution >= 0.6 is 0 Å². The number of hydrogen-bond donors (Lipinski definition) is 2. The minimum Gasteiger partial charge on any atom is -0.368 e. The molecular weight excluding hydrogens is 202 g/mol. The fraction of sp³-hybridized carbons (Fsp3) is 0.917. The van der Waals surface area contributed by atoms with Crippen LogP contribution in [-0.4, -0.2) is 43.0 Å². The summed E-state index contributed by atoms with van der Waals surface area (Å²) in [6.07, 6.45) is 5.90. The summed E-state index contributed by atoms with van der Waals surface area (Å²) >= 11 is 0. The van der Waals surface area contributed by atoms with Crippen molar-refractivity contribution in [3.05, 3.63) is 0 Å². The van der Waals surface area contributed by atoms with Gasteiger partial charge in [0.1, 0.15) is 0 Å². The third-order valence-corrected chi connectivity index (χ3v) is 4.04. The van der Waals surface area contributed by atoms with E-state index in [1.54, 1.807) is 0 Å². The van der Waals surface area contributed by atoms with E-state index in [1.807, 2.05) is 0 Å². The van der Waals surface area contributed by atoms with Gasteiger partial charge in [0, 0.05) is 5.54 Å². The molecule has 92 valence electrons. The predicted molar refractivity (Wildman–Crippen MR) is 64.0 cm³/mol. The molecule has 3 unspecified atom stereocenters. The zero-order valence-electron chi connectivity index (χ0n) is 10.3. The molecule has 2 aliphatic rings. The molecule has 0 spiro atoms. The number of primary amides is 1. The van der Waals surface area contributed by atoms with Crippen LogP contribution in [0.25, 0.3) is 0 Å². The summed E-state index contributed by atoms with van der Waals surface area (Å²) in [5.41, 5.74) is 5.61. The molecule has 0 radical (unpaired) electrons. The Labute approximate surface area is 97.6 Å². The Bertz CT molecular complexity index is 279. The van der Waals surface area contributed by atoms with Crippen molar-refractivity contribution in [3.8, 4) is 0 Å². The Morgan fingerprint density at radius 1 is 1.50 bits per heavy atom. The van der Waals surface area contributed by atoms with Crippen LogP contribution < -0.4 is 11.1 Å². The summed E-state index contributed by atoms with van der Waals surface area (Å²) in [6.45, 7) is 1.15. The third kappa shape index (κ3) is 2.38. The van der Waals surface area contributed by atoms with E-state index in [2.05, 4.69) is 24.3 Å². The lowest BCUT2D eigenvalue weighted by Crippen LogP contribution is -2.43. The zero-order chi connectivity index (χ0) is 11.8. The second-order valence-corrected chi connectivity index (χ2v) is 5.65. The van der Waals surface area contributed by atoms with Crippen molar-refractivity contribution in [2.45, 2.75) is 43.7 Å². The molecule has 16 heavy (non-hydrogen) atoms. The van der Waals surface area contributed by atoms with E-state index in [1.165, 1.54) is 25.7 Å². The van der Waals surface area contributed by atoms with Crippen LogP contribution in [0.3, 0.4) is 0 Å². The number of carbonyl (C=O) groups is 1. The minimum absolute atomic E-state index is 0.0624. The summed E-state index contributed by atoms with van der Waals surface area (Å²) in [6, 6.07) is -0.0624. The van der Waals surface area contributed by atoms with Gasteiger partial charge in [0.15, 0.2) is 0 Å². The van der Waals surface area contributed by atoms with Crippen molar-refractivity contribution in [2.75, 3.05) is 20.6 Å².